The highest BCUT2D eigenvalue weighted by Gasteiger charge is 2.23. The van der Waals surface area contributed by atoms with Crippen molar-refractivity contribution in [3.8, 4) is 5.88 Å². The molecular formula is C16H27N3O. The van der Waals surface area contributed by atoms with Crippen LogP contribution in [-0.4, -0.2) is 23.1 Å². The molecule has 1 aromatic rings. The van der Waals surface area contributed by atoms with E-state index in [2.05, 4.69) is 43.0 Å². The first-order chi connectivity index (χ1) is 9.40. The minimum absolute atomic E-state index is 0.0802. The first-order valence-electron chi connectivity index (χ1n) is 7.60. The molecule has 1 heterocycles. The number of hydrogen-bond acceptors (Lipinski definition) is 4. The first kappa shape index (κ1) is 15.1. The standard InChI is InChI=1S/C16H27N3O/c1-11-8-6-7-9-12(11)17-13-10-14(20-5)19-15(18-13)16(2,3)4/h10-12H,6-9H2,1-5H3,(H,17,18,19). The molecular weight excluding hydrogens is 250 g/mol. The highest BCUT2D eigenvalue weighted by molar-refractivity contribution is 5.40. The molecule has 1 fully saturated rings. The predicted molar refractivity (Wildman–Crippen MR) is 82.3 cm³/mol. The molecule has 2 unspecified atom stereocenters. The molecule has 1 N–H and O–H groups in total. The van der Waals surface area contributed by atoms with Crippen LogP contribution in [0.25, 0.3) is 0 Å². The molecule has 0 aromatic carbocycles. The smallest absolute Gasteiger partial charge is 0.218 e. The van der Waals surface area contributed by atoms with Crippen LogP contribution in [0, 0.1) is 5.92 Å². The highest BCUT2D eigenvalue weighted by atomic mass is 16.5. The monoisotopic (exact) mass is 277 g/mol. The zero-order chi connectivity index (χ0) is 14.8. The van der Waals surface area contributed by atoms with Gasteiger partial charge in [0, 0.05) is 17.5 Å². The fourth-order valence-electron chi connectivity index (χ4n) is 2.66. The molecule has 0 saturated heterocycles. The Balaban J connectivity index is 2.22. The van der Waals surface area contributed by atoms with Crippen molar-refractivity contribution in [1.29, 1.82) is 0 Å². The van der Waals surface area contributed by atoms with E-state index >= 15 is 0 Å². The zero-order valence-corrected chi connectivity index (χ0v) is 13.4. The number of aromatic nitrogens is 2. The number of ether oxygens (including phenoxy) is 1. The summed E-state index contributed by atoms with van der Waals surface area (Å²) in [5.41, 5.74) is -0.0802. The molecule has 0 aliphatic heterocycles. The van der Waals surface area contributed by atoms with Gasteiger partial charge in [-0.15, -0.1) is 0 Å². The Kier molecular flexibility index (Phi) is 4.51. The van der Waals surface area contributed by atoms with Gasteiger partial charge in [0.15, 0.2) is 0 Å². The van der Waals surface area contributed by atoms with E-state index in [9.17, 15) is 0 Å². The van der Waals surface area contributed by atoms with Gasteiger partial charge in [-0.3, -0.25) is 0 Å². The van der Waals surface area contributed by atoms with Crippen molar-refractivity contribution in [2.45, 2.75) is 64.8 Å². The van der Waals surface area contributed by atoms with Gasteiger partial charge >= 0.3 is 0 Å². The Labute approximate surface area is 122 Å². The van der Waals surface area contributed by atoms with E-state index in [4.69, 9.17) is 4.74 Å². The van der Waals surface area contributed by atoms with Crippen LogP contribution in [0.2, 0.25) is 0 Å². The van der Waals surface area contributed by atoms with E-state index < -0.39 is 0 Å². The summed E-state index contributed by atoms with van der Waals surface area (Å²) in [7, 11) is 1.65. The SMILES string of the molecule is COc1cc(NC2CCCCC2C)nc(C(C)(C)C)n1. The third kappa shape index (κ3) is 3.62. The molecule has 0 amide bonds. The summed E-state index contributed by atoms with van der Waals surface area (Å²) in [5.74, 6) is 3.04. The summed E-state index contributed by atoms with van der Waals surface area (Å²) in [6.07, 6.45) is 5.17. The number of methoxy groups -OCH3 is 1. The van der Waals surface area contributed by atoms with Gasteiger partial charge in [0.05, 0.1) is 7.11 Å². The predicted octanol–water partition coefficient (Wildman–Crippen LogP) is 3.77. The van der Waals surface area contributed by atoms with Gasteiger partial charge in [0.2, 0.25) is 5.88 Å². The lowest BCUT2D eigenvalue weighted by molar-refractivity contribution is 0.348. The molecule has 2 atom stereocenters. The lowest BCUT2D eigenvalue weighted by atomic mass is 9.86. The van der Waals surface area contributed by atoms with Crippen molar-refractivity contribution in [1.82, 2.24) is 9.97 Å². The molecule has 1 saturated carbocycles. The molecule has 1 aromatic heterocycles. The summed E-state index contributed by atoms with van der Waals surface area (Å²) in [6.45, 7) is 8.68. The minimum Gasteiger partial charge on any atom is -0.481 e. The van der Waals surface area contributed by atoms with Crippen LogP contribution in [-0.2, 0) is 5.41 Å². The first-order valence-corrected chi connectivity index (χ1v) is 7.60. The number of nitrogens with one attached hydrogen (secondary N) is 1. The summed E-state index contributed by atoms with van der Waals surface area (Å²) in [4.78, 5) is 9.14. The van der Waals surface area contributed by atoms with Gasteiger partial charge in [-0.25, -0.2) is 4.98 Å². The van der Waals surface area contributed by atoms with E-state index in [0.717, 1.165) is 11.6 Å². The quantitative estimate of drug-likeness (QED) is 0.913. The molecule has 2 rings (SSSR count). The summed E-state index contributed by atoms with van der Waals surface area (Å²) < 4.78 is 5.32. The Bertz CT molecular complexity index is 454. The maximum Gasteiger partial charge on any atom is 0.218 e. The second kappa shape index (κ2) is 5.98. The average Bonchev–Trinajstić information content (AvgIpc) is 2.40. The Hall–Kier alpha value is -1.32. The topological polar surface area (TPSA) is 47.0 Å². The van der Waals surface area contributed by atoms with Crippen LogP contribution in [0.1, 0.15) is 59.2 Å². The van der Waals surface area contributed by atoms with Gasteiger partial charge in [-0.05, 0) is 18.8 Å². The van der Waals surface area contributed by atoms with Gasteiger partial charge in [0.1, 0.15) is 11.6 Å². The van der Waals surface area contributed by atoms with Crippen LogP contribution in [0.3, 0.4) is 0 Å². The van der Waals surface area contributed by atoms with E-state index in [0.29, 0.717) is 17.8 Å². The molecule has 4 nitrogen and oxygen atoms in total. The number of hydrogen-bond donors (Lipinski definition) is 1. The van der Waals surface area contributed by atoms with E-state index in [1.807, 2.05) is 6.07 Å². The third-order valence-electron chi connectivity index (χ3n) is 4.03. The van der Waals surface area contributed by atoms with E-state index in [-0.39, 0.29) is 5.41 Å². The molecule has 0 spiro atoms. The third-order valence-corrected chi connectivity index (χ3v) is 4.03. The van der Waals surface area contributed by atoms with Crippen molar-refractivity contribution < 1.29 is 4.74 Å². The maximum absolute atomic E-state index is 5.32. The van der Waals surface area contributed by atoms with E-state index in [1.165, 1.54) is 25.7 Å². The molecule has 0 bridgehead atoms. The van der Waals surface area contributed by atoms with Crippen molar-refractivity contribution >= 4 is 5.82 Å². The van der Waals surface area contributed by atoms with Crippen molar-refractivity contribution in [3.63, 3.8) is 0 Å². The largest absolute Gasteiger partial charge is 0.481 e. The lowest BCUT2D eigenvalue weighted by Crippen LogP contribution is -2.31. The van der Waals surface area contributed by atoms with Gasteiger partial charge < -0.3 is 10.1 Å². The van der Waals surface area contributed by atoms with Gasteiger partial charge in [-0.1, -0.05) is 40.5 Å². The number of anilines is 1. The zero-order valence-electron chi connectivity index (χ0n) is 13.4. The summed E-state index contributed by atoms with van der Waals surface area (Å²) in [6, 6.07) is 2.41. The van der Waals surface area contributed by atoms with Gasteiger partial charge in [-0.2, -0.15) is 4.98 Å². The molecule has 1 aliphatic carbocycles. The Morgan fingerprint density at radius 2 is 1.90 bits per heavy atom. The lowest BCUT2D eigenvalue weighted by Gasteiger charge is -2.30. The summed E-state index contributed by atoms with van der Waals surface area (Å²) >= 11 is 0. The van der Waals surface area contributed by atoms with Crippen LogP contribution in [0.4, 0.5) is 5.82 Å². The summed E-state index contributed by atoms with van der Waals surface area (Å²) in [5, 5.41) is 3.59. The molecule has 20 heavy (non-hydrogen) atoms. The van der Waals surface area contributed by atoms with Crippen molar-refractivity contribution in [3.05, 3.63) is 11.9 Å². The van der Waals surface area contributed by atoms with Gasteiger partial charge in [0.25, 0.3) is 0 Å². The van der Waals surface area contributed by atoms with Crippen LogP contribution in [0.15, 0.2) is 6.07 Å². The maximum atomic E-state index is 5.32. The normalized spacial score (nSPS) is 23.4. The van der Waals surface area contributed by atoms with Crippen LogP contribution in [0.5, 0.6) is 5.88 Å². The second-order valence-corrected chi connectivity index (χ2v) is 6.88. The number of nitrogens with zero attached hydrogens (tertiary/aromatic N) is 2. The molecule has 4 heteroatoms. The fourth-order valence-corrected chi connectivity index (χ4v) is 2.66. The molecule has 0 radical (unpaired) electrons. The van der Waals surface area contributed by atoms with Crippen molar-refractivity contribution in [2.24, 2.45) is 5.92 Å². The van der Waals surface area contributed by atoms with Crippen LogP contribution >= 0.6 is 0 Å². The van der Waals surface area contributed by atoms with E-state index in [1.54, 1.807) is 7.11 Å². The molecule has 1 aliphatic rings. The molecule has 112 valence electrons. The van der Waals surface area contributed by atoms with Crippen LogP contribution < -0.4 is 10.1 Å². The number of rotatable bonds is 3. The average molecular weight is 277 g/mol. The second-order valence-electron chi connectivity index (χ2n) is 6.88. The Morgan fingerprint density at radius 3 is 2.50 bits per heavy atom. The highest BCUT2D eigenvalue weighted by Crippen LogP contribution is 2.28. The fraction of sp³-hybridized carbons (Fsp3) is 0.750. The van der Waals surface area contributed by atoms with Crippen molar-refractivity contribution in [2.75, 3.05) is 12.4 Å². The minimum atomic E-state index is -0.0802. The Morgan fingerprint density at radius 1 is 1.20 bits per heavy atom.